The number of para-hydroxylation sites is 2. The van der Waals surface area contributed by atoms with Gasteiger partial charge in [0.05, 0.1) is 44.8 Å². The standard InChI is InChI=1S/C60H38N8/c1-5-19-39(20-6-1)49-37-50(40-21-7-2-8-22-40)64-59(63-49)47-29-17-33-55(61-47)67-53-31-15-13-27-43(53)45-35-36-46-44-28-14-16-32-54(44)68(58(46)57(45)67)56-34-18-30-48(62-56)60-65-51(41-23-9-3-10-24-41)38-52(66-60)42-25-11-4-12-26-42/h1-38H. The summed E-state index contributed by atoms with van der Waals surface area (Å²) < 4.78 is 4.57. The van der Waals surface area contributed by atoms with Crippen molar-refractivity contribution in [2.75, 3.05) is 0 Å². The van der Waals surface area contributed by atoms with E-state index in [2.05, 4.69) is 143 Å². The molecule has 8 heteroatoms. The predicted molar refractivity (Wildman–Crippen MR) is 275 cm³/mol. The number of hydrogen-bond acceptors (Lipinski definition) is 6. The first-order chi connectivity index (χ1) is 33.7. The van der Waals surface area contributed by atoms with Crippen LogP contribution >= 0.6 is 0 Å². The molecule has 0 unspecified atom stereocenters. The summed E-state index contributed by atoms with van der Waals surface area (Å²) in [4.78, 5) is 31.5. The van der Waals surface area contributed by atoms with Gasteiger partial charge in [-0.3, -0.25) is 9.13 Å². The molecule has 0 N–H and O–H groups in total. The van der Waals surface area contributed by atoms with Gasteiger partial charge in [0.1, 0.15) is 23.0 Å². The van der Waals surface area contributed by atoms with Crippen LogP contribution < -0.4 is 0 Å². The molecule has 0 bridgehead atoms. The van der Waals surface area contributed by atoms with E-state index in [-0.39, 0.29) is 0 Å². The Morgan fingerprint density at radius 2 is 0.559 bits per heavy atom. The number of rotatable bonds is 8. The highest BCUT2D eigenvalue weighted by Gasteiger charge is 2.23. The number of benzene rings is 7. The molecule has 0 fully saturated rings. The molecule has 8 nitrogen and oxygen atoms in total. The average Bonchev–Trinajstić information content (AvgIpc) is 3.95. The van der Waals surface area contributed by atoms with E-state index in [0.29, 0.717) is 23.0 Å². The van der Waals surface area contributed by atoms with E-state index in [1.165, 1.54) is 0 Å². The molecule has 0 amide bonds. The minimum Gasteiger partial charge on any atom is -0.292 e. The molecule has 0 radical (unpaired) electrons. The smallest absolute Gasteiger partial charge is 0.179 e. The van der Waals surface area contributed by atoms with Crippen molar-refractivity contribution in [3.05, 3.63) is 231 Å². The molecule has 6 heterocycles. The third-order valence-corrected chi connectivity index (χ3v) is 12.6. The van der Waals surface area contributed by atoms with Crippen molar-refractivity contribution in [2.24, 2.45) is 0 Å². The van der Waals surface area contributed by atoms with Gasteiger partial charge in [0.2, 0.25) is 0 Å². The topological polar surface area (TPSA) is 87.2 Å². The van der Waals surface area contributed by atoms with Gasteiger partial charge in [0.15, 0.2) is 11.6 Å². The summed E-state index contributed by atoms with van der Waals surface area (Å²) in [5, 5.41) is 4.42. The van der Waals surface area contributed by atoms with E-state index in [1.54, 1.807) is 0 Å². The molecule has 0 spiro atoms. The molecule has 0 saturated heterocycles. The van der Waals surface area contributed by atoms with Crippen LogP contribution in [0, 0.1) is 0 Å². The van der Waals surface area contributed by atoms with E-state index in [4.69, 9.17) is 29.9 Å². The molecular weight excluding hydrogens is 833 g/mol. The lowest BCUT2D eigenvalue weighted by Crippen LogP contribution is -2.04. The summed E-state index contributed by atoms with van der Waals surface area (Å²) in [5.74, 6) is 2.58. The number of pyridine rings is 2. The van der Waals surface area contributed by atoms with E-state index in [9.17, 15) is 0 Å². The van der Waals surface area contributed by atoms with Gasteiger partial charge in [-0.2, -0.15) is 0 Å². The molecule has 0 saturated carbocycles. The zero-order chi connectivity index (χ0) is 45.0. The molecule has 0 aliphatic carbocycles. The Morgan fingerprint density at radius 1 is 0.235 bits per heavy atom. The van der Waals surface area contributed by atoms with Crippen LogP contribution in [0.4, 0.5) is 0 Å². The van der Waals surface area contributed by atoms with Crippen LogP contribution in [0.3, 0.4) is 0 Å². The van der Waals surface area contributed by atoms with Crippen molar-refractivity contribution >= 4 is 43.6 Å². The average molecular weight is 871 g/mol. The van der Waals surface area contributed by atoms with Gasteiger partial charge >= 0.3 is 0 Å². The zero-order valence-electron chi connectivity index (χ0n) is 36.5. The fourth-order valence-electron chi connectivity index (χ4n) is 9.47. The third-order valence-electron chi connectivity index (χ3n) is 12.6. The second-order valence-electron chi connectivity index (χ2n) is 16.7. The Morgan fingerprint density at radius 3 is 0.912 bits per heavy atom. The number of fused-ring (bicyclic) bond motifs is 7. The number of aromatic nitrogens is 8. The fraction of sp³-hybridized carbons (Fsp3) is 0. The second kappa shape index (κ2) is 16.2. The predicted octanol–water partition coefficient (Wildman–Crippen LogP) is 14.3. The van der Waals surface area contributed by atoms with E-state index in [1.807, 2.05) is 97.1 Å². The molecule has 13 aromatic rings. The quantitative estimate of drug-likeness (QED) is 0.151. The van der Waals surface area contributed by atoms with Gasteiger partial charge < -0.3 is 0 Å². The Bertz CT molecular complexity index is 3640. The van der Waals surface area contributed by atoms with Crippen LogP contribution in [0.5, 0.6) is 0 Å². The zero-order valence-corrected chi connectivity index (χ0v) is 36.5. The molecule has 0 atom stereocenters. The number of nitrogens with zero attached hydrogens (tertiary/aromatic N) is 8. The maximum Gasteiger partial charge on any atom is 0.179 e. The summed E-state index contributed by atoms with van der Waals surface area (Å²) in [6.45, 7) is 0. The molecule has 0 aliphatic heterocycles. The Balaban J connectivity index is 1.04. The van der Waals surface area contributed by atoms with Crippen molar-refractivity contribution in [2.45, 2.75) is 0 Å². The first-order valence-electron chi connectivity index (χ1n) is 22.6. The van der Waals surface area contributed by atoms with Crippen LogP contribution in [0.25, 0.3) is 123 Å². The van der Waals surface area contributed by atoms with Gasteiger partial charge in [-0.25, -0.2) is 29.9 Å². The van der Waals surface area contributed by atoms with Crippen LogP contribution in [0.1, 0.15) is 0 Å². The van der Waals surface area contributed by atoms with E-state index < -0.39 is 0 Å². The highest BCUT2D eigenvalue weighted by Crippen LogP contribution is 2.42. The molecule has 0 aliphatic rings. The molecule has 6 aromatic heterocycles. The van der Waals surface area contributed by atoms with E-state index >= 15 is 0 Å². The maximum absolute atomic E-state index is 5.44. The third kappa shape index (κ3) is 6.70. The van der Waals surface area contributed by atoms with Gasteiger partial charge in [0.25, 0.3) is 0 Å². The molecule has 13 rings (SSSR count). The fourth-order valence-corrected chi connectivity index (χ4v) is 9.47. The first kappa shape index (κ1) is 39.0. The van der Waals surface area contributed by atoms with Crippen molar-refractivity contribution < 1.29 is 0 Å². The lowest BCUT2D eigenvalue weighted by Gasteiger charge is -2.14. The molecule has 7 aromatic carbocycles. The van der Waals surface area contributed by atoms with Crippen molar-refractivity contribution in [1.29, 1.82) is 0 Å². The Labute approximate surface area is 391 Å². The number of hydrogen-bond donors (Lipinski definition) is 0. The van der Waals surface area contributed by atoms with E-state index in [0.717, 1.165) is 100 Å². The second-order valence-corrected chi connectivity index (χ2v) is 16.7. The van der Waals surface area contributed by atoms with Crippen LogP contribution in [-0.4, -0.2) is 39.0 Å². The monoisotopic (exact) mass is 870 g/mol. The summed E-state index contributed by atoms with van der Waals surface area (Å²) in [5.41, 5.74) is 12.7. The highest BCUT2D eigenvalue weighted by atomic mass is 15.1. The molecule has 68 heavy (non-hydrogen) atoms. The van der Waals surface area contributed by atoms with Gasteiger partial charge in [-0.05, 0) is 48.5 Å². The normalized spacial score (nSPS) is 11.5. The minimum atomic E-state index is 0.544. The van der Waals surface area contributed by atoms with Gasteiger partial charge in [-0.1, -0.05) is 182 Å². The summed E-state index contributed by atoms with van der Waals surface area (Å²) >= 11 is 0. The maximum atomic E-state index is 5.44. The minimum absolute atomic E-state index is 0.544. The lowest BCUT2D eigenvalue weighted by atomic mass is 10.1. The summed E-state index contributed by atoms with van der Waals surface area (Å²) in [6, 6.07) is 78.9. The van der Waals surface area contributed by atoms with Crippen molar-refractivity contribution in [1.82, 2.24) is 39.0 Å². The van der Waals surface area contributed by atoms with Gasteiger partial charge in [0, 0.05) is 43.8 Å². The summed E-state index contributed by atoms with van der Waals surface area (Å²) in [7, 11) is 0. The molecular formula is C60H38N8. The van der Waals surface area contributed by atoms with Crippen molar-refractivity contribution in [3.63, 3.8) is 0 Å². The summed E-state index contributed by atoms with van der Waals surface area (Å²) in [6.07, 6.45) is 0. The Kier molecular flexibility index (Phi) is 9.31. The van der Waals surface area contributed by atoms with Crippen molar-refractivity contribution in [3.8, 4) is 79.7 Å². The largest absolute Gasteiger partial charge is 0.292 e. The van der Waals surface area contributed by atoms with Gasteiger partial charge in [-0.15, -0.1) is 0 Å². The Hall–Kier alpha value is -9.40. The first-order valence-corrected chi connectivity index (χ1v) is 22.6. The van der Waals surface area contributed by atoms with Crippen LogP contribution in [0.15, 0.2) is 231 Å². The SMILES string of the molecule is c1ccc(-c2cc(-c3ccccc3)nc(-c3cccc(-n4c5ccccc5c5ccc6c7ccccc7n(-c7cccc(-c8nc(-c9ccccc9)cc(-c9ccccc9)n8)n7)c6c54)n3)n2)cc1. The molecule has 318 valence electrons. The van der Waals surface area contributed by atoms with Crippen LogP contribution in [-0.2, 0) is 0 Å². The lowest BCUT2D eigenvalue weighted by molar-refractivity contribution is 1.05. The highest BCUT2D eigenvalue weighted by molar-refractivity contribution is 6.23. The van der Waals surface area contributed by atoms with Crippen LogP contribution in [0.2, 0.25) is 0 Å².